The monoisotopic (exact) mass is 475 g/mol. The van der Waals surface area contributed by atoms with Gasteiger partial charge in [-0.05, 0) is 49.1 Å². The maximum atomic E-state index is 12.0. The Morgan fingerprint density at radius 1 is 1.24 bits per heavy atom. The van der Waals surface area contributed by atoms with Crippen LogP contribution in [0.1, 0.15) is 28.1 Å². The van der Waals surface area contributed by atoms with Gasteiger partial charge in [-0.15, -0.1) is 11.3 Å². The molecule has 4 aromatic rings. The zero-order valence-corrected chi connectivity index (χ0v) is 19.4. The Bertz CT molecular complexity index is 1350. The number of aromatic amines is 1. The highest BCUT2D eigenvalue weighted by atomic mass is 32.2. The Hall–Kier alpha value is -3.39. The number of carbonyl (C=O) groups is 1. The molecule has 0 radical (unpaired) electrons. The van der Waals surface area contributed by atoms with Gasteiger partial charge in [-0.2, -0.15) is 5.26 Å². The standard InChI is InChI=1S/C23H21N7OS2/c1-25-22(31)19-12-28-23(32-19)18-11-27-21-17(5-6-26-21)20(18)29-14-8-15(9-14)30-33-16-4-2-3-13(7-16)10-24/h2-7,11-12,14-15,30H,8-9H2,1H3,(H,25,31)(H2,26,27,29)/t14-,15+. The Balaban J connectivity index is 1.29. The van der Waals surface area contributed by atoms with Gasteiger partial charge in [-0.3, -0.25) is 9.52 Å². The van der Waals surface area contributed by atoms with Crippen molar-refractivity contribution < 1.29 is 4.79 Å². The van der Waals surface area contributed by atoms with E-state index in [-0.39, 0.29) is 5.91 Å². The molecule has 3 aromatic heterocycles. The maximum absolute atomic E-state index is 12.0. The molecule has 33 heavy (non-hydrogen) atoms. The molecule has 4 N–H and O–H groups in total. The van der Waals surface area contributed by atoms with Crippen molar-refractivity contribution in [2.75, 3.05) is 12.4 Å². The summed E-state index contributed by atoms with van der Waals surface area (Å²) in [5.41, 5.74) is 3.35. The van der Waals surface area contributed by atoms with Crippen molar-refractivity contribution in [3.05, 3.63) is 59.4 Å². The van der Waals surface area contributed by atoms with Gasteiger partial charge in [0.05, 0.1) is 29.1 Å². The van der Waals surface area contributed by atoms with Crippen LogP contribution in [0.4, 0.5) is 5.69 Å². The lowest BCUT2D eigenvalue weighted by atomic mass is 9.87. The third kappa shape index (κ3) is 4.43. The second-order valence-corrected chi connectivity index (χ2v) is 9.71. The first-order chi connectivity index (χ1) is 16.1. The van der Waals surface area contributed by atoms with E-state index in [0.717, 1.165) is 45.0 Å². The number of benzene rings is 1. The van der Waals surface area contributed by atoms with Gasteiger partial charge in [-0.25, -0.2) is 9.97 Å². The highest BCUT2D eigenvalue weighted by molar-refractivity contribution is 7.97. The number of H-pyrrole nitrogens is 1. The zero-order chi connectivity index (χ0) is 22.8. The fourth-order valence-electron chi connectivity index (χ4n) is 3.77. The van der Waals surface area contributed by atoms with E-state index in [2.05, 4.69) is 36.4 Å². The number of nitrogens with zero attached hydrogens (tertiary/aromatic N) is 3. The van der Waals surface area contributed by atoms with Crippen LogP contribution in [0, 0.1) is 11.3 Å². The van der Waals surface area contributed by atoms with Crippen molar-refractivity contribution in [1.82, 2.24) is 25.0 Å². The summed E-state index contributed by atoms with van der Waals surface area (Å²) in [6.45, 7) is 0. The van der Waals surface area contributed by atoms with Crippen LogP contribution in [0.25, 0.3) is 21.6 Å². The zero-order valence-electron chi connectivity index (χ0n) is 17.8. The average molecular weight is 476 g/mol. The fraction of sp³-hybridized carbons (Fsp3) is 0.217. The molecule has 0 saturated heterocycles. The predicted molar refractivity (Wildman–Crippen MR) is 131 cm³/mol. The lowest BCUT2D eigenvalue weighted by Gasteiger charge is -2.37. The van der Waals surface area contributed by atoms with Crippen LogP contribution in [0.15, 0.2) is 53.8 Å². The van der Waals surface area contributed by atoms with E-state index in [1.807, 2.05) is 36.5 Å². The van der Waals surface area contributed by atoms with Crippen molar-refractivity contribution in [3.8, 4) is 16.6 Å². The minimum absolute atomic E-state index is 0.144. The molecule has 1 aliphatic carbocycles. The van der Waals surface area contributed by atoms with Gasteiger partial charge in [0.1, 0.15) is 15.5 Å². The van der Waals surface area contributed by atoms with Crippen molar-refractivity contribution in [2.45, 2.75) is 29.8 Å². The van der Waals surface area contributed by atoms with Gasteiger partial charge in [-0.1, -0.05) is 6.07 Å². The largest absolute Gasteiger partial charge is 0.381 e. The summed E-state index contributed by atoms with van der Waals surface area (Å²) in [5.74, 6) is -0.144. The summed E-state index contributed by atoms with van der Waals surface area (Å²) < 4.78 is 3.50. The first-order valence-electron chi connectivity index (χ1n) is 10.5. The molecule has 0 aliphatic heterocycles. The number of carbonyl (C=O) groups excluding carboxylic acids is 1. The number of anilines is 1. The minimum atomic E-state index is -0.144. The highest BCUT2D eigenvalue weighted by Crippen LogP contribution is 2.38. The molecule has 1 aliphatic rings. The van der Waals surface area contributed by atoms with E-state index in [0.29, 0.717) is 22.5 Å². The van der Waals surface area contributed by atoms with Crippen LogP contribution in [0.2, 0.25) is 0 Å². The minimum Gasteiger partial charge on any atom is -0.381 e. The molecule has 0 unspecified atom stereocenters. The van der Waals surface area contributed by atoms with Crippen LogP contribution < -0.4 is 15.4 Å². The Morgan fingerprint density at radius 2 is 2.12 bits per heavy atom. The molecule has 1 saturated carbocycles. The number of hydrogen-bond donors (Lipinski definition) is 4. The second-order valence-electron chi connectivity index (χ2n) is 7.76. The maximum Gasteiger partial charge on any atom is 0.262 e. The number of rotatable bonds is 7. The smallest absolute Gasteiger partial charge is 0.262 e. The van der Waals surface area contributed by atoms with Crippen LogP contribution in [-0.4, -0.2) is 40.0 Å². The predicted octanol–water partition coefficient (Wildman–Crippen LogP) is 4.16. The molecule has 0 bridgehead atoms. The Labute approximate surface area is 199 Å². The van der Waals surface area contributed by atoms with Crippen molar-refractivity contribution in [3.63, 3.8) is 0 Å². The average Bonchev–Trinajstić information content (AvgIpc) is 3.50. The number of thiazole rings is 1. The van der Waals surface area contributed by atoms with Gasteiger partial charge in [0, 0.05) is 41.8 Å². The molecule has 3 heterocycles. The molecule has 0 spiro atoms. The molecule has 1 fully saturated rings. The van der Waals surface area contributed by atoms with Gasteiger partial charge in [0.15, 0.2) is 0 Å². The normalized spacial score (nSPS) is 17.3. The number of pyridine rings is 1. The summed E-state index contributed by atoms with van der Waals surface area (Å²) in [4.78, 5) is 25.8. The van der Waals surface area contributed by atoms with E-state index < -0.39 is 0 Å². The van der Waals surface area contributed by atoms with E-state index in [4.69, 9.17) is 5.26 Å². The summed E-state index contributed by atoms with van der Waals surface area (Å²) in [5, 5.41) is 17.1. The van der Waals surface area contributed by atoms with Crippen LogP contribution in [0.5, 0.6) is 0 Å². The number of aromatic nitrogens is 3. The summed E-state index contributed by atoms with van der Waals surface area (Å²) in [6.07, 6.45) is 7.23. The lowest BCUT2D eigenvalue weighted by molar-refractivity contribution is 0.0967. The van der Waals surface area contributed by atoms with Gasteiger partial charge in [0.25, 0.3) is 5.91 Å². The molecule has 0 atom stereocenters. The number of hydrogen-bond acceptors (Lipinski definition) is 8. The van der Waals surface area contributed by atoms with Crippen LogP contribution in [-0.2, 0) is 0 Å². The van der Waals surface area contributed by atoms with Crippen molar-refractivity contribution in [2.24, 2.45) is 0 Å². The molecule has 5 rings (SSSR count). The molecule has 166 valence electrons. The summed E-state index contributed by atoms with van der Waals surface area (Å²) in [7, 11) is 1.61. The fourth-order valence-corrected chi connectivity index (χ4v) is 5.48. The van der Waals surface area contributed by atoms with Gasteiger partial charge >= 0.3 is 0 Å². The first kappa shape index (κ1) is 21.5. The molecule has 1 amide bonds. The number of nitriles is 1. The summed E-state index contributed by atoms with van der Waals surface area (Å²) in [6, 6.07) is 12.5. The van der Waals surface area contributed by atoms with Crippen molar-refractivity contribution in [1.29, 1.82) is 5.26 Å². The van der Waals surface area contributed by atoms with E-state index in [9.17, 15) is 4.79 Å². The van der Waals surface area contributed by atoms with Gasteiger partial charge in [0.2, 0.25) is 0 Å². The van der Waals surface area contributed by atoms with E-state index in [1.165, 1.54) is 11.3 Å². The van der Waals surface area contributed by atoms with Crippen molar-refractivity contribution >= 4 is 45.9 Å². The quantitative estimate of drug-likeness (QED) is 0.296. The first-order valence-corrected chi connectivity index (χ1v) is 12.1. The Morgan fingerprint density at radius 3 is 2.94 bits per heavy atom. The number of fused-ring (bicyclic) bond motifs is 1. The molecule has 10 heteroatoms. The molecule has 1 aromatic carbocycles. The molecular weight excluding hydrogens is 454 g/mol. The molecular formula is C23H21N7OS2. The highest BCUT2D eigenvalue weighted by Gasteiger charge is 2.30. The lowest BCUT2D eigenvalue weighted by Crippen LogP contribution is -2.45. The second kappa shape index (κ2) is 9.23. The van der Waals surface area contributed by atoms with Gasteiger partial charge < -0.3 is 15.6 Å². The Kier molecular flexibility index (Phi) is 6.00. The van der Waals surface area contributed by atoms with E-state index in [1.54, 1.807) is 31.4 Å². The SMILES string of the molecule is CNC(=O)c1cnc(-c2cnc3[nH]ccc3c2N[C@H]2C[C@@H](NSc3cccc(C#N)c3)C2)s1. The topological polar surface area (TPSA) is 119 Å². The van der Waals surface area contributed by atoms with Crippen LogP contribution >= 0.6 is 23.3 Å². The number of amides is 1. The summed E-state index contributed by atoms with van der Waals surface area (Å²) >= 11 is 2.92. The third-order valence-corrected chi connectivity index (χ3v) is 7.54. The third-order valence-electron chi connectivity index (χ3n) is 5.57. The van der Waals surface area contributed by atoms with E-state index >= 15 is 0 Å². The molecule has 8 nitrogen and oxygen atoms in total. The number of nitrogens with one attached hydrogen (secondary N) is 4. The van der Waals surface area contributed by atoms with Crippen LogP contribution in [0.3, 0.4) is 0 Å².